The average molecular weight is 274 g/mol. The monoisotopic (exact) mass is 273 g/mol. The van der Waals surface area contributed by atoms with Gasteiger partial charge in [-0.25, -0.2) is 0 Å². The predicted molar refractivity (Wildman–Crippen MR) is 69.4 cm³/mol. The van der Waals surface area contributed by atoms with Crippen LogP contribution in [0.3, 0.4) is 0 Å². The first kappa shape index (κ1) is 12.9. The summed E-state index contributed by atoms with van der Waals surface area (Å²) in [6.07, 6.45) is 3.88. The van der Waals surface area contributed by atoms with Crippen molar-refractivity contribution in [2.75, 3.05) is 6.61 Å². The Morgan fingerprint density at radius 3 is 3.12 bits per heavy atom. The molecule has 0 spiro atoms. The Morgan fingerprint density at radius 1 is 1.59 bits per heavy atom. The highest BCUT2D eigenvalue weighted by Crippen LogP contribution is 2.21. The first-order chi connectivity index (χ1) is 8.24. The maximum absolute atomic E-state index is 11.6. The van der Waals surface area contributed by atoms with Crippen molar-refractivity contribution in [3.8, 4) is 0 Å². The minimum absolute atomic E-state index is 0.0880. The number of rotatable bonds is 5. The second-order valence-electron chi connectivity index (χ2n) is 4.16. The number of hydrogen-bond donors (Lipinski definition) is 1. The van der Waals surface area contributed by atoms with Gasteiger partial charge in [0.25, 0.3) is 0 Å². The molecule has 0 radical (unpaired) electrons. The number of carbonyl (C=O) groups excluding carboxylic acids is 1. The lowest BCUT2D eigenvalue weighted by Gasteiger charge is -2.08. The molecule has 5 heteroatoms. The Balaban J connectivity index is 1.63. The van der Waals surface area contributed by atoms with Crippen LogP contribution < -0.4 is 5.32 Å². The fourth-order valence-electron chi connectivity index (χ4n) is 1.88. The number of thiophene rings is 1. The number of halogens is 1. The molecule has 1 atom stereocenters. The highest BCUT2D eigenvalue weighted by Gasteiger charge is 2.16. The quantitative estimate of drug-likeness (QED) is 0.896. The summed E-state index contributed by atoms with van der Waals surface area (Å²) in [5, 5.41) is 2.89. The highest BCUT2D eigenvalue weighted by atomic mass is 35.5. The van der Waals surface area contributed by atoms with Gasteiger partial charge in [-0.1, -0.05) is 11.6 Å². The van der Waals surface area contributed by atoms with Gasteiger partial charge >= 0.3 is 0 Å². The zero-order valence-electron chi connectivity index (χ0n) is 9.58. The van der Waals surface area contributed by atoms with Crippen LogP contribution in [0.15, 0.2) is 12.1 Å². The topological polar surface area (TPSA) is 38.3 Å². The maximum atomic E-state index is 11.6. The van der Waals surface area contributed by atoms with Gasteiger partial charge in [-0.2, -0.15) is 0 Å². The van der Waals surface area contributed by atoms with Gasteiger partial charge in [-0.05, 0) is 31.4 Å². The lowest BCUT2D eigenvalue weighted by atomic mass is 10.1. The molecule has 0 aromatic carbocycles. The summed E-state index contributed by atoms with van der Waals surface area (Å²) in [6.45, 7) is 1.42. The van der Waals surface area contributed by atoms with Crippen molar-refractivity contribution in [3.05, 3.63) is 21.3 Å². The Labute approximate surface area is 110 Å². The van der Waals surface area contributed by atoms with E-state index in [0.717, 1.165) is 35.1 Å². The summed E-state index contributed by atoms with van der Waals surface area (Å²) in [6, 6.07) is 3.79. The van der Waals surface area contributed by atoms with Gasteiger partial charge in [0.1, 0.15) is 0 Å². The molecule has 1 aromatic rings. The molecule has 0 unspecified atom stereocenters. The molecule has 1 aromatic heterocycles. The zero-order chi connectivity index (χ0) is 12.1. The van der Waals surface area contributed by atoms with Crippen LogP contribution in [0.1, 0.15) is 30.6 Å². The van der Waals surface area contributed by atoms with Crippen LogP contribution in [0.5, 0.6) is 0 Å². The van der Waals surface area contributed by atoms with Crippen molar-refractivity contribution in [3.63, 3.8) is 0 Å². The zero-order valence-corrected chi connectivity index (χ0v) is 11.1. The standard InChI is InChI=1S/C12H16ClNO2S/c13-11-5-4-10(17-11)8-14-12(15)6-3-9-2-1-7-16-9/h4-5,9H,1-3,6-8H2,(H,14,15)/t9-/m1/s1. The van der Waals surface area contributed by atoms with Crippen LogP contribution in [0, 0.1) is 0 Å². The van der Waals surface area contributed by atoms with Crippen molar-refractivity contribution in [1.29, 1.82) is 0 Å². The second-order valence-corrected chi connectivity index (χ2v) is 5.96. The number of nitrogens with one attached hydrogen (secondary N) is 1. The third kappa shape index (κ3) is 4.30. The Bertz CT molecular complexity index is 374. The van der Waals surface area contributed by atoms with Crippen LogP contribution in [-0.4, -0.2) is 18.6 Å². The van der Waals surface area contributed by atoms with Crippen LogP contribution in [0.25, 0.3) is 0 Å². The van der Waals surface area contributed by atoms with Gasteiger partial charge in [0.05, 0.1) is 17.0 Å². The van der Waals surface area contributed by atoms with E-state index < -0.39 is 0 Å². The smallest absolute Gasteiger partial charge is 0.220 e. The predicted octanol–water partition coefficient (Wildman–Crippen LogP) is 2.98. The van der Waals surface area contributed by atoms with Gasteiger partial charge in [-0.3, -0.25) is 4.79 Å². The third-order valence-electron chi connectivity index (χ3n) is 2.81. The summed E-state index contributed by atoms with van der Waals surface area (Å²) >= 11 is 7.31. The van der Waals surface area contributed by atoms with E-state index in [9.17, 15) is 4.79 Å². The Morgan fingerprint density at radius 2 is 2.47 bits per heavy atom. The summed E-state index contributed by atoms with van der Waals surface area (Å²) in [4.78, 5) is 12.7. The normalized spacial score (nSPS) is 19.5. The molecule has 0 aliphatic carbocycles. The maximum Gasteiger partial charge on any atom is 0.220 e. The summed E-state index contributed by atoms with van der Waals surface area (Å²) in [5.41, 5.74) is 0. The fourth-order valence-corrected chi connectivity index (χ4v) is 2.91. The molecular weight excluding hydrogens is 258 g/mol. The molecule has 0 bridgehead atoms. The largest absolute Gasteiger partial charge is 0.378 e. The van der Waals surface area contributed by atoms with Gasteiger partial charge in [0, 0.05) is 17.9 Å². The van der Waals surface area contributed by atoms with E-state index in [0.29, 0.717) is 13.0 Å². The van der Waals surface area contributed by atoms with Crippen molar-refractivity contribution < 1.29 is 9.53 Å². The van der Waals surface area contributed by atoms with E-state index >= 15 is 0 Å². The van der Waals surface area contributed by atoms with Gasteiger partial charge < -0.3 is 10.1 Å². The molecular formula is C12H16ClNO2S. The van der Waals surface area contributed by atoms with E-state index in [4.69, 9.17) is 16.3 Å². The van der Waals surface area contributed by atoms with Gasteiger partial charge in [-0.15, -0.1) is 11.3 Å². The van der Waals surface area contributed by atoms with E-state index in [1.54, 1.807) is 0 Å². The third-order valence-corrected chi connectivity index (χ3v) is 4.04. The van der Waals surface area contributed by atoms with Gasteiger partial charge in [0.15, 0.2) is 0 Å². The van der Waals surface area contributed by atoms with E-state index in [1.165, 1.54) is 11.3 Å². The van der Waals surface area contributed by atoms with Gasteiger partial charge in [0.2, 0.25) is 5.91 Å². The van der Waals surface area contributed by atoms with Crippen molar-refractivity contribution >= 4 is 28.8 Å². The average Bonchev–Trinajstić information content (AvgIpc) is 2.95. The number of hydrogen-bond acceptors (Lipinski definition) is 3. The van der Waals surface area contributed by atoms with E-state index in [-0.39, 0.29) is 12.0 Å². The first-order valence-electron chi connectivity index (χ1n) is 5.86. The lowest BCUT2D eigenvalue weighted by Crippen LogP contribution is -2.23. The van der Waals surface area contributed by atoms with Crippen LogP contribution in [0.2, 0.25) is 4.34 Å². The molecule has 2 heterocycles. The first-order valence-corrected chi connectivity index (χ1v) is 7.06. The second kappa shape index (κ2) is 6.38. The highest BCUT2D eigenvalue weighted by molar-refractivity contribution is 7.16. The molecule has 2 rings (SSSR count). The van der Waals surface area contributed by atoms with E-state index in [2.05, 4.69) is 5.32 Å². The van der Waals surface area contributed by atoms with Crippen LogP contribution >= 0.6 is 22.9 Å². The molecule has 1 amide bonds. The van der Waals surface area contributed by atoms with E-state index in [1.807, 2.05) is 12.1 Å². The minimum atomic E-state index is 0.0880. The summed E-state index contributed by atoms with van der Waals surface area (Å²) in [5.74, 6) is 0.0880. The number of carbonyl (C=O) groups is 1. The summed E-state index contributed by atoms with van der Waals surface area (Å²) in [7, 11) is 0. The minimum Gasteiger partial charge on any atom is -0.378 e. The van der Waals surface area contributed by atoms with Crippen LogP contribution in [0.4, 0.5) is 0 Å². The lowest BCUT2D eigenvalue weighted by molar-refractivity contribution is -0.121. The molecule has 1 aliphatic rings. The molecule has 0 saturated carbocycles. The molecule has 94 valence electrons. The number of amides is 1. The molecule has 3 nitrogen and oxygen atoms in total. The van der Waals surface area contributed by atoms with Crippen LogP contribution in [-0.2, 0) is 16.1 Å². The van der Waals surface area contributed by atoms with Crippen molar-refractivity contribution in [1.82, 2.24) is 5.32 Å². The fraction of sp³-hybridized carbons (Fsp3) is 0.583. The van der Waals surface area contributed by atoms with Crippen molar-refractivity contribution in [2.45, 2.75) is 38.3 Å². The Kier molecular flexibility index (Phi) is 4.83. The molecule has 17 heavy (non-hydrogen) atoms. The van der Waals surface area contributed by atoms with Crippen molar-refractivity contribution in [2.24, 2.45) is 0 Å². The molecule has 1 fully saturated rings. The molecule has 1 N–H and O–H groups in total. The number of ether oxygens (including phenoxy) is 1. The molecule has 1 saturated heterocycles. The Hall–Kier alpha value is -0.580. The SMILES string of the molecule is O=C(CC[C@H]1CCCO1)NCc1ccc(Cl)s1. The molecule has 1 aliphatic heterocycles. The summed E-state index contributed by atoms with van der Waals surface area (Å²) < 4.78 is 6.23.